The number of rotatable bonds is 6. The van der Waals surface area contributed by atoms with E-state index in [0.29, 0.717) is 35.0 Å². The molecule has 0 bridgehead atoms. The van der Waals surface area contributed by atoms with E-state index >= 15 is 0 Å². The van der Waals surface area contributed by atoms with Crippen molar-refractivity contribution in [2.24, 2.45) is 4.99 Å². The van der Waals surface area contributed by atoms with E-state index in [9.17, 15) is 14.9 Å². The number of thiazole rings is 1. The van der Waals surface area contributed by atoms with E-state index < -0.39 is 4.92 Å². The molecule has 2 aromatic heterocycles. The molecule has 0 aliphatic heterocycles. The van der Waals surface area contributed by atoms with Crippen molar-refractivity contribution >= 4 is 60.4 Å². The average molecular weight is 456 g/mol. The summed E-state index contributed by atoms with van der Waals surface area (Å²) < 4.78 is 8.87. The van der Waals surface area contributed by atoms with Gasteiger partial charge in [0.2, 0.25) is 0 Å². The van der Waals surface area contributed by atoms with Crippen LogP contribution in [0.15, 0.2) is 39.1 Å². The van der Waals surface area contributed by atoms with Crippen molar-refractivity contribution in [1.29, 1.82) is 0 Å². The number of thiophene rings is 1. The van der Waals surface area contributed by atoms with Gasteiger partial charge in [-0.2, -0.15) is 4.99 Å². The van der Waals surface area contributed by atoms with Crippen molar-refractivity contribution < 1.29 is 14.5 Å². The van der Waals surface area contributed by atoms with Crippen LogP contribution in [0.1, 0.15) is 16.6 Å². The van der Waals surface area contributed by atoms with Crippen LogP contribution in [0, 0.1) is 10.1 Å². The summed E-state index contributed by atoms with van der Waals surface area (Å²) in [4.78, 5) is 28.3. The molecule has 1 aromatic carbocycles. The molecule has 2 heterocycles. The number of benzene rings is 1. The number of ether oxygens (including phenoxy) is 1. The lowest BCUT2D eigenvalue weighted by Crippen LogP contribution is -2.19. The van der Waals surface area contributed by atoms with Crippen LogP contribution in [0.3, 0.4) is 0 Å². The minimum Gasteiger partial charge on any atom is -0.380 e. The highest BCUT2D eigenvalue weighted by Crippen LogP contribution is 2.24. The van der Waals surface area contributed by atoms with E-state index in [1.165, 1.54) is 34.8 Å². The Bertz CT molecular complexity index is 1040. The molecule has 0 fully saturated rings. The highest BCUT2D eigenvalue weighted by molar-refractivity contribution is 9.11. The van der Waals surface area contributed by atoms with Gasteiger partial charge in [0.15, 0.2) is 4.80 Å². The van der Waals surface area contributed by atoms with E-state index in [4.69, 9.17) is 4.74 Å². The van der Waals surface area contributed by atoms with E-state index in [0.717, 1.165) is 8.49 Å². The van der Waals surface area contributed by atoms with Gasteiger partial charge in [-0.25, -0.2) is 0 Å². The van der Waals surface area contributed by atoms with Gasteiger partial charge in [-0.05, 0) is 41.1 Å². The van der Waals surface area contributed by atoms with Gasteiger partial charge in [0.25, 0.3) is 11.6 Å². The van der Waals surface area contributed by atoms with E-state index in [2.05, 4.69) is 20.9 Å². The molecule has 0 saturated heterocycles. The fourth-order valence-electron chi connectivity index (χ4n) is 2.34. The Labute approximate surface area is 164 Å². The second-order valence-corrected chi connectivity index (χ2v) is 8.64. The minimum atomic E-state index is -0.435. The second-order valence-electron chi connectivity index (χ2n) is 5.16. The summed E-state index contributed by atoms with van der Waals surface area (Å²) in [7, 11) is 0. The topological polar surface area (TPSA) is 86.7 Å². The molecule has 10 heteroatoms. The van der Waals surface area contributed by atoms with Gasteiger partial charge in [-0.3, -0.25) is 14.9 Å². The lowest BCUT2D eigenvalue weighted by atomic mass is 10.3. The number of aromatic nitrogens is 1. The maximum absolute atomic E-state index is 12.4. The van der Waals surface area contributed by atoms with Crippen molar-refractivity contribution in [3.05, 3.63) is 53.9 Å². The third-order valence-corrected chi connectivity index (χ3v) is 6.19. The predicted octanol–water partition coefficient (Wildman–Crippen LogP) is 4.21. The highest BCUT2D eigenvalue weighted by Gasteiger charge is 2.14. The zero-order valence-corrected chi connectivity index (χ0v) is 16.9. The Kier molecular flexibility index (Phi) is 5.97. The summed E-state index contributed by atoms with van der Waals surface area (Å²) in [5, 5.41) is 11.1. The fourth-order valence-corrected chi connectivity index (χ4v) is 4.65. The zero-order valence-electron chi connectivity index (χ0n) is 13.7. The number of nitro groups is 1. The molecule has 0 N–H and O–H groups in total. The number of halogens is 1. The minimum absolute atomic E-state index is 0.000485. The molecule has 0 atom stereocenters. The molecule has 3 aromatic rings. The first-order valence-corrected chi connectivity index (χ1v) is 10.1. The van der Waals surface area contributed by atoms with Crippen molar-refractivity contribution in [3.8, 4) is 0 Å². The fraction of sp³-hybridized carbons (Fsp3) is 0.250. The quantitative estimate of drug-likeness (QED) is 0.316. The summed E-state index contributed by atoms with van der Waals surface area (Å²) in [6.45, 7) is 3.34. The van der Waals surface area contributed by atoms with Crippen LogP contribution in [0.25, 0.3) is 10.2 Å². The average Bonchev–Trinajstić information content (AvgIpc) is 3.18. The lowest BCUT2D eigenvalue weighted by molar-refractivity contribution is -0.384. The number of hydrogen-bond acceptors (Lipinski definition) is 6. The number of nitrogens with zero attached hydrogens (tertiary/aromatic N) is 3. The third kappa shape index (κ3) is 4.09. The van der Waals surface area contributed by atoms with Crippen LogP contribution in [0.5, 0.6) is 0 Å². The van der Waals surface area contributed by atoms with Gasteiger partial charge >= 0.3 is 0 Å². The molecule has 26 heavy (non-hydrogen) atoms. The number of amides is 1. The van der Waals surface area contributed by atoms with Crippen molar-refractivity contribution in [3.63, 3.8) is 0 Å². The second kappa shape index (κ2) is 8.21. The zero-order chi connectivity index (χ0) is 18.7. The maximum atomic E-state index is 12.4. The van der Waals surface area contributed by atoms with Crippen molar-refractivity contribution in [2.75, 3.05) is 13.2 Å². The number of fused-ring (bicyclic) bond motifs is 1. The molecule has 0 spiro atoms. The Morgan fingerprint density at radius 2 is 2.15 bits per heavy atom. The summed E-state index contributed by atoms with van der Waals surface area (Å²) in [5.41, 5.74) is 0.670. The molecule has 136 valence electrons. The van der Waals surface area contributed by atoms with Gasteiger partial charge in [-0.1, -0.05) is 11.3 Å². The SMILES string of the molecule is CCOCCn1c(=NC(=O)c2ccc(Br)s2)sc2ccc([N+](=O)[O-])cc21. The number of carbonyl (C=O) groups is 1. The van der Waals surface area contributed by atoms with Crippen LogP contribution < -0.4 is 4.80 Å². The smallest absolute Gasteiger partial charge is 0.289 e. The van der Waals surface area contributed by atoms with Crippen LogP contribution >= 0.6 is 38.6 Å². The number of non-ortho nitro benzene ring substituents is 1. The van der Waals surface area contributed by atoms with E-state index in [1.807, 2.05) is 6.92 Å². The van der Waals surface area contributed by atoms with Crippen LogP contribution in [0.4, 0.5) is 5.69 Å². The van der Waals surface area contributed by atoms with Crippen LogP contribution in [-0.2, 0) is 11.3 Å². The maximum Gasteiger partial charge on any atom is 0.289 e. The summed E-state index contributed by atoms with van der Waals surface area (Å²) in [6, 6.07) is 8.14. The number of nitro benzene ring substituents is 1. The normalized spacial score (nSPS) is 12.0. The molecule has 1 amide bonds. The summed E-state index contributed by atoms with van der Waals surface area (Å²) in [6.07, 6.45) is 0. The standard InChI is InChI=1S/C16H14BrN3O4S2/c1-2-24-8-7-19-11-9-10(20(22)23)3-4-12(11)26-16(19)18-15(21)13-5-6-14(17)25-13/h3-6,9H,2,7-8H2,1H3. The van der Waals surface area contributed by atoms with Gasteiger partial charge in [0, 0.05) is 25.3 Å². The van der Waals surface area contributed by atoms with Gasteiger partial charge in [-0.15, -0.1) is 11.3 Å². The number of hydrogen-bond donors (Lipinski definition) is 0. The van der Waals surface area contributed by atoms with Gasteiger partial charge in [0.05, 0.1) is 30.4 Å². The molecule has 0 aliphatic rings. The Morgan fingerprint density at radius 3 is 2.81 bits per heavy atom. The van der Waals surface area contributed by atoms with Gasteiger partial charge < -0.3 is 9.30 Å². The molecule has 0 aliphatic carbocycles. The third-order valence-electron chi connectivity index (χ3n) is 3.52. The van der Waals surface area contributed by atoms with E-state index in [1.54, 1.807) is 22.8 Å². The van der Waals surface area contributed by atoms with Gasteiger partial charge in [0.1, 0.15) is 0 Å². The molecule has 3 rings (SSSR count). The monoisotopic (exact) mass is 455 g/mol. The largest absolute Gasteiger partial charge is 0.380 e. The molecular formula is C16H14BrN3O4S2. The lowest BCUT2D eigenvalue weighted by Gasteiger charge is -2.05. The summed E-state index contributed by atoms with van der Waals surface area (Å²) in [5.74, 6) is -0.341. The Morgan fingerprint density at radius 1 is 1.35 bits per heavy atom. The Hall–Kier alpha value is -1.88. The van der Waals surface area contributed by atoms with E-state index in [-0.39, 0.29) is 11.6 Å². The van der Waals surface area contributed by atoms with Crippen LogP contribution in [0.2, 0.25) is 0 Å². The molecule has 0 radical (unpaired) electrons. The first-order chi connectivity index (χ1) is 12.5. The van der Waals surface area contributed by atoms with Crippen LogP contribution in [-0.4, -0.2) is 28.6 Å². The highest BCUT2D eigenvalue weighted by atomic mass is 79.9. The molecule has 7 nitrogen and oxygen atoms in total. The molecule has 0 saturated carbocycles. The first kappa shape index (κ1) is 18.9. The molecule has 0 unspecified atom stereocenters. The van der Waals surface area contributed by atoms with Crippen molar-refractivity contribution in [2.45, 2.75) is 13.5 Å². The Balaban J connectivity index is 2.10. The predicted molar refractivity (Wildman–Crippen MR) is 105 cm³/mol. The first-order valence-electron chi connectivity index (χ1n) is 7.69. The number of carbonyl (C=O) groups excluding carboxylic acids is 1. The summed E-state index contributed by atoms with van der Waals surface area (Å²) >= 11 is 5.97. The molecular weight excluding hydrogens is 442 g/mol. The van der Waals surface area contributed by atoms with Crippen molar-refractivity contribution in [1.82, 2.24) is 4.57 Å².